The normalized spacial score (nSPS) is 24.3. The van der Waals surface area contributed by atoms with Gasteiger partial charge in [0.2, 0.25) is 5.91 Å². The van der Waals surface area contributed by atoms with E-state index < -0.39 is 5.60 Å². The van der Waals surface area contributed by atoms with Gasteiger partial charge in [0.1, 0.15) is 0 Å². The number of nitrogens with one attached hydrogen (secondary N) is 2. The number of hydrogen-bond donors (Lipinski definition) is 3. The van der Waals surface area contributed by atoms with Crippen molar-refractivity contribution in [1.29, 1.82) is 0 Å². The molecule has 3 N–H and O–H groups in total. The molecule has 2 fully saturated rings. The Balaban J connectivity index is 1.64. The molecule has 5 nitrogen and oxygen atoms in total. The third-order valence-corrected chi connectivity index (χ3v) is 8.29. The fourth-order valence-corrected chi connectivity index (χ4v) is 6.40. The monoisotopic (exact) mass is 472 g/mol. The standard InChI is InChI=1S/C29H48N2O3/c1-30-22-27(20-23-12-5-3-6-13-23)31-28(32)24-14-11-17-26(21-24)29(33,18-9-10-19-34-2)25-15-7-4-8-16-25/h4,7-8,15-16,23-24,26-27,30,33H,3,5-6,9-14,17-22H2,1-2H3,(H,31,32)/t24?,26-,27+,29-/m1/s1. The van der Waals surface area contributed by atoms with Crippen LogP contribution in [-0.4, -0.2) is 44.4 Å². The summed E-state index contributed by atoms with van der Waals surface area (Å²) in [5.41, 5.74) is 0.101. The van der Waals surface area contributed by atoms with E-state index in [0.717, 1.165) is 63.0 Å². The predicted octanol–water partition coefficient (Wildman–Crippen LogP) is 5.17. The molecule has 0 heterocycles. The summed E-state index contributed by atoms with van der Waals surface area (Å²) in [6.07, 6.45) is 13.9. The van der Waals surface area contributed by atoms with Gasteiger partial charge in [-0.1, -0.05) is 68.9 Å². The van der Waals surface area contributed by atoms with Gasteiger partial charge in [0, 0.05) is 32.2 Å². The Hall–Kier alpha value is -1.43. The van der Waals surface area contributed by atoms with Crippen LogP contribution in [0.3, 0.4) is 0 Å². The third kappa shape index (κ3) is 7.79. The van der Waals surface area contributed by atoms with Gasteiger partial charge in [-0.2, -0.15) is 0 Å². The molecule has 0 aliphatic heterocycles. The highest BCUT2D eigenvalue weighted by Gasteiger charge is 2.42. The summed E-state index contributed by atoms with van der Waals surface area (Å²) < 4.78 is 5.23. The highest BCUT2D eigenvalue weighted by atomic mass is 16.5. The van der Waals surface area contributed by atoms with Crippen LogP contribution in [0.2, 0.25) is 0 Å². The second-order valence-corrected chi connectivity index (χ2v) is 10.8. The first kappa shape index (κ1) is 27.2. The van der Waals surface area contributed by atoms with Crippen LogP contribution in [0.15, 0.2) is 30.3 Å². The Kier molecular flexibility index (Phi) is 11.4. The summed E-state index contributed by atoms with van der Waals surface area (Å²) in [6.45, 7) is 1.54. The van der Waals surface area contributed by atoms with Crippen molar-refractivity contribution >= 4 is 5.91 Å². The third-order valence-electron chi connectivity index (χ3n) is 8.29. The number of carbonyl (C=O) groups is 1. The maximum absolute atomic E-state index is 13.4. The van der Waals surface area contributed by atoms with E-state index in [0.29, 0.717) is 13.0 Å². The van der Waals surface area contributed by atoms with Crippen molar-refractivity contribution in [3.05, 3.63) is 35.9 Å². The minimum Gasteiger partial charge on any atom is -0.385 e. The van der Waals surface area contributed by atoms with E-state index in [4.69, 9.17) is 4.74 Å². The number of unbranched alkanes of at least 4 members (excludes halogenated alkanes) is 1. The molecule has 3 rings (SSSR count). The van der Waals surface area contributed by atoms with E-state index in [1.54, 1.807) is 7.11 Å². The van der Waals surface area contributed by atoms with Gasteiger partial charge in [0.15, 0.2) is 0 Å². The molecule has 1 aromatic rings. The molecule has 0 spiro atoms. The lowest BCUT2D eigenvalue weighted by Crippen LogP contribution is -2.47. The number of amides is 1. The van der Waals surface area contributed by atoms with Crippen LogP contribution >= 0.6 is 0 Å². The van der Waals surface area contributed by atoms with E-state index in [9.17, 15) is 9.90 Å². The molecular formula is C29H48N2O3. The van der Waals surface area contributed by atoms with Crippen LogP contribution in [0.4, 0.5) is 0 Å². The molecule has 5 heteroatoms. The lowest BCUT2D eigenvalue weighted by atomic mass is 9.68. The van der Waals surface area contributed by atoms with Crippen molar-refractivity contribution < 1.29 is 14.6 Å². The molecule has 1 amide bonds. The van der Waals surface area contributed by atoms with Gasteiger partial charge in [0.05, 0.1) is 5.60 Å². The quantitative estimate of drug-likeness (QED) is 0.346. The van der Waals surface area contributed by atoms with Crippen LogP contribution in [-0.2, 0) is 15.1 Å². The summed E-state index contributed by atoms with van der Waals surface area (Å²) in [5.74, 6) is 1.01. The van der Waals surface area contributed by atoms with E-state index in [2.05, 4.69) is 10.6 Å². The summed E-state index contributed by atoms with van der Waals surface area (Å²) in [6, 6.07) is 10.3. The van der Waals surface area contributed by atoms with Crippen molar-refractivity contribution in [2.45, 2.75) is 95.1 Å². The summed E-state index contributed by atoms with van der Waals surface area (Å²) in [4.78, 5) is 13.4. The Morgan fingerprint density at radius 2 is 1.85 bits per heavy atom. The second-order valence-electron chi connectivity index (χ2n) is 10.8. The molecule has 0 radical (unpaired) electrons. The minimum absolute atomic E-state index is 0.0151. The summed E-state index contributed by atoms with van der Waals surface area (Å²) >= 11 is 0. The predicted molar refractivity (Wildman–Crippen MR) is 139 cm³/mol. The molecule has 0 saturated heterocycles. The van der Waals surface area contributed by atoms with E-state index >= 15 is 0 Å². The average Bonchev–Trinajstić information content (AvgIpc) is 2.88. The topological polar surface area (TPSA) is 70.6 Å². The first-order valence-corrected chi connectivity index (χ1v) is 13.8. The van der Waals surface area contributed by atoms with Gasteiger partial charge in [-0.25, -0.2) is 0 Å². The SMILES string of the molecule is CNC[C@H](CC1CCCCC1)NC(=O)C1CCC[C@@H]([C@@](O)(CCCCOC)c2ccccc2)C1. The average molecular weight is 473 g/mol. The first-order chi connectivity index (χ1) is 16.6. The van der Waals surface area contributed by atoms with Gasteiger partial charge in [-0.05, 0) is 69.4 Å². The van der Waals surface area contributed by atoms with Crippen molar-refractivity contribution in [2.75, 3.05) is 27.3 Å². The molecule has 0 bridgehead atoms. The van der Waals surface area contributed by atoms with Crippen LogP contribution < -0.4 is 10.6 Å². The lowest BCUT2D eigenvalue weighted by molar-refractivity contribution is -0.129. The van der Waals surface area contributed by atoms with Crippen LogP contribution in [0.1, 0.15) is 89.0 Å². The maximum Gasteiger partial charge on any atom is 0.223 e. The van der Waals surface area contributed by atoms with Gasteiger partial charge in [-0.3, -0.25) is 4.79 Å². The second kappa shape index (κ2) is 14.2. The number of ether oxygens (including phenoxy) is 1. The van der Waals surface area contributed by atoms with Crippen molar-refractivity contribution in [3.8, 4) is 0 Å². The van der Waals surface area contributed by atoms with Crippen molar-refractivity contribution in [2.24, 2.45) is 17.8 Å². The number of aliphatic hydroxyl groups is 1. The van der Waals surface area contributed by atoms with Crippen molar-refractivity contribution in [3.63, 3.8) is 0 Å². The zero-order valence-electron chi connectivity index (χ0n) is 21.6. The van der Waals surface area contributed by atoms with E-state index in [-0.39, 0.29) is 23.8 Å². The Morgan fingerprint density at radius 1 is 1.09 bits per heavy atom. The molecule has 2 aliphatic rings. The highest BCUT2D eigenvalue weighted by Crippen LogP contribution is 2.44. The fraction of sp³-hybridized carbons (Fsp3) is 0.759. The zero-order chi connectivity index (χ0) is 24.2. The first-order valence-electron chi connectivity index (χ1n) is 13.8. The van der Waals surface area contributed by atoms with Crippen molar-refractivity contribution in [1.82, 2.24) is 10.6 Å². The van der Waals surface area contributed by atoms with Gasteiger partial charge in [0.25, 0.3) is 0 Å². The summed E-state index contributed by atoms with van der Waals surface area (Å²) in [5, 5.41) is 18.7. The Labute approximate surface area is 207 Å². The molecule has 2 aliphatic carbocycles. The highest BCUT2D eigenvalue weighted by molar-refractivity contribution is 5.79. The van der Waals surface area contributed by atoms with Gasteiger partial charge < -0.3 is 20.5 Å². The smallest absolute Gasteiger partial charge is 0.223 e. The summed E-state index contributed by atoms with van der Waals surface area (Å²) in [7, 11) is 3.70. The molecule has 4 atom stereocenters. The van der Waals surface area contributed by atoms with Gasteiger partial charge in [-0.15, -0.1) is 0 Å². The number of hydrogen-bond acceptors (Lipinski definition) is 4. The Bertz CT molecular complexity index is 707. The molecule has 34 heavy (non-hydrogen) atoms. The molecule has 0 aromatic heterocycles. The maximum atomic E-state index is 13.4. The number of benzene rings is 1. The molecular weight excluding hydrogens is 424 g/mol. The Morgan fingerprint density at radius 3 is 2.56 bits per heavy atom. The van der Waals surface area contributed by atoms with Crippen LogP contribution in [0.5, 0.6) is 0 Å². The number of rotatable bonds is 13. The largest absolute Gasteiger partial charge is 0.385 e. The minimum atomic E-state index is -0.888. The molecule has 1 unspecified atom stereocenters. The van der Waals surface area contributed by atoms with E-state index in [1.165, 1.54) is 32.1 Å². The van der Waals surface area contributed by atoms with Crippen LogP contribution in [0, 0.1) is 17.8 Å². The molecule has 192 valence electrons. The fourth-order valence-electron chi connectivity index (χ4n) is 6.40. The van der Waals surface area contributed by atoms with Gasteiger partial charge >= 0.3 is 0 Å². The number of likely N-dealkylation sites (N-methyl/N-ethyl adjacent to an activating group) is 1. The zero-order valence-corrected chi connectivity index (χ0v) is 21.6. The van der Waals surface area contributed by atoms with Crippen LogP contribution in [0.25, 0.3) is 0 Å². The molecule has 1 aromatic carbocycles. The molecule has 2 saturated carbocycles. The number of carbonyl (C=O) groups excluding carboxylic acids is 1. The number of methoxy groups -OCH3 is 1. The van der Waals surface area contributed by atoms with E-state index in [1.807, 2.05) is 37.4 Å². The lowest BCUT2D eigenvalue weighted by Gasteiger charge is -2.41.